The lowest BCUT2D eigenvalue weighted by Crippen LogP contribution is -2.14. The first-order chi connectivity index (χ1) is 11.0. The number of nitrogens with zero attached hydrogens (tertiary/aromatic N) is 2. The average Bonchev–Trinajstić information content (AvgIpc) is 2.86. The molecular weight excluding hydrogens is 350 g/mol. The summed E-state index contributed by atoms with van der Waals surface area (Å²) in [4.78, 5) is 21.4. The van der Waals surface area contributed by atoms with Gasteiger partial charge in [-0.2, -0.15) is 0 Å². The van der Waals surface area contributed by atoms with E-state index in [1.807, 2.05) is 32.2 Å². The second-order valence-electron chi connectivity index (χ2n) is 5.01. The van der Waals surface area contributed by atoms with Gasteiger partial charge >= 0.3 is 0 Å². The summed E-state index contributed by atoms with van der Waals surface area (Å²) in [6, 6.07) is 7.26. The van der Waals surface area contributed by atoms with Crippen LogP contribution in [0.5, 0.6) is 0 Å². The minimum atomic E-state index is -0.210. The molecule has 23 heavy (non-hydrogen) atoms. The summed E-state index contributed by atoms with van der Waals surface area (Å²) in [6.45, 7) is 3.76. The van der Waals surface area contributed by atoms with Gasteiger partial charge in [0.05, 0.1) is 26.7 Å². The van der Waals surface area contributed by atoms with Crippen molar-refractivity contribution in [3.8, 4) is 0 Å². The van der Waals surface area contributed by atoms with Crippen molar-refractivity contribution >= 4 is 56.6 Å². The highest BCUT2D eigenvalue weighted by atomic mass is 35.5. The minimum absolute atomic E-state index is 0.210. The maximum absolute atomic E-state index is 12.5. The molecular formula is C16H14ClN3OS2. The molecule has 1 N–H and O–H groups in total. The van der Waals surface area contributed by atoms with Gasteiger partial charge in [-0.3, -0.25) is 15.1 Å². The number of nitrogens with one attached hydrogen (secondary N) is 1. The second kappa shape index (κ2) is 6.47. The fraction of sp³-hybridized carbons (Fsp3) is 0.188. The molecule has 0 saturated carbocycles. The molecule has 1 aromatic carbocycles. The fourth-order valence-corrected chi connectivity index (χ4v) is 4.05. The number of aryl methyl sites for hydroxylation is 2. The molecule has 0 aliphatic rings. The van der Waals surface area contributed by atoms with Crippen LogP contribution in [0.15, 0.2) is 28.5 Å². The summed E-state index contributed by atoms with van der Waals surface area (Å²) < 4.78 is 1.10. The van der Waals surface area contributed by atoms with Gasteiger partial charge in [0.1, 0.15) is 0 Å². The van der Waals surface area contributed by atoms with Gasteiger partial charge < -0.3 is 0 Å². The zero-order chi connectivity index (χ0) is 16.6. The molecule has 3 rings (SSSR count). The molecule has 4 nitrogen and oxygen atoms in total. The molecule has 7 heteroatoms. The predicted molar refractivity (Wildman–Crippen MR) is 98.1 cm³/mol. The van der Waals surface area contributed by atoms with Crippen molar-refractivity contribution in [2.24, 2.45) is 0 Å². The first-order valence-corrected chi connectivity index (χ1v) is 9.29. The Morgan fingerprint density at radius 1 is 1.22 bits per heavy atom. The highest BCUT2D eigenvalue weighted by molar-refractivity contribution is 8.00. The Balaban J connectivity index is 1.94. The summed E-state index contributed by atoms with van der Waals surface area (Å²) in [7, 11) is 0. The summed E-state index contributed by atoms with van der Waals surface area (Å²) in [5.41, 5.74) is 2.95. The number of rotatable bonds is 3. The van der Waals surface area contributed by atoms with Gasteiger partial charge in [-0.25, -0.2) is 4.98 Å². The number of amides is 1. The molecule has 0 aliphatic carbocycles. The number of hydrogen-bond acceptors (Lipinski definition) is 5. The molecule has 0 aliphatic heterocycles. The molecule has 1 amide bonds. The van der Waals surface area contributed by atoms with E-state index in [1.54, 1.807) is 23.9 Å². The summed E-state index contributed by atoms with van der Waals surface area (Å²) in [5, 5.41) is 4.92. The standard InChI is InChI=1S/C16H14ClN3OS2/c1-8-12(7-10-6-11(17)4-5-13(10)18-8)14(21)20-16-19-9(2)15(22-3)23-16/h4-7H,1-3H3,(H,19,20,21). The molecule has 2 aromatic heterocycles. The van der Waals surface area contributed by atoms with E-state index in [9.17, 15) is 4.79 Å². The first kappa shape index (κ1) is 16.2. The minimum Gasteiger partial charge on any atom is -0.298 e. The van der Waals surface area contributed by atoms with Crippen LogP contribution in [0.4, 0.5) is 5.13 Å². The van der Waals surface area contributed by atoms with Crippen LogP contribution in [0, 0.1) is 13.8 Å². The second-order valence-corrected chi connectivity index (χ2v) is 7.52. The fourth-order valence-electron chi connectivity index (χ4n) is 2.26. The molecule has 118 valence electrons. The highest BCUT2D eigenvalue weighted by Crippen LogP contribution is 2.30. The normalized spacial score (nSPS) is 11.0. The van der Waals surface area contributed by atoms with Gasteiger partial charge in [0, 0.05) is 10.4 Å². The third-order valence-electron chi connectivity index (χ3n) is 3.37. The third-order valence-corrected chi connectivity index (χ3v) is 5.89. The van der Waals surface area contributed by atoms with Crippen LogP contribution in [0.1, 0.15) is 21.7 Å². The highest BCUT2D eigenvalue weighted by Gasteiger charge is 2.15. The molecule has 0 fully saturated rings. The molecule has 2 heterocycles. The molecule has 0 unspecified atom stereocenters. The van der Waals surface area contributed by atoms with E-state index in [2.05, 4.69) is 15.3 Å². The molecule has 0 saturated heterocycles. The number of pyridine rings is 1. The van der Waals surface area contributed by atoms with E-state index in [-0.39, 0.29) is 5.91 Å². The van der Waals surface area contributed by atoms with Gasteiger partial charge in [-0.1, -0.05) is 22.9 Å². The van der Waals surface area contributed by atoms with Crippen LogP contribution < -0.4 is 5.32 Å². The van der Waals surface area contributed by atoms with Crippen LogP contribution >= 0.6 is 34.7 Å². The summed E-state index contributed by atoms with van der Waals surface area (Å²) >= 11 is 9.11. The van der Waals surface area contributed by atoms with Gasteiger partial charge in [0.25, 0.3) is 5.91 Å². The maximum atomic E-state index is 12.5. The molecule has 0 bridgehead atoms. The van der Waals surface area contributed by atoms with Gasteiger partial charge in [-0.05, 0) is 44.4 Å². The van der Waals surface area contributed by atoms with Crippen LogP contribution in [0.25, 0.3) is 10.9 Å². The van der Waals surface area contributed by atoms with Gasteiger partial charge in [0.15, 0.2) is 5.13 Å². The number of carbonyl (C=O) groups excluding carboxylic acids is 1. The Hall–Kier alpha value is -1.63. The van der Waals surface area contributed by atoms with Gasteiger partial charge in [-0.15, -0.1) is 11.8 Å². The Bertz CT molecular complexity index is 908. The van der Waals surface area contributed by atoms with Crippen molar-refractivity contribution in [3.63, 3.8) is 0 Å². The van der Waals surface area contributed by atoms with Crippen LogP contribution in [0.2, 0.25) is 5.02 Å². The topological polar surface area (TPSA) is 54.9 Å². The smallest absolute Gasteiger partial charge is 0.259 e. The molecule has 3 aromatic rings. The largest absolute Gasteiger partial charge is 0.298 e. The number of thiazole rings is 1. The SMILES string of the molecule is CSc1sc(NC(=O)c2cc3cc(Cl)ccc3nc2C)nc1C. The number of aromatic nitrogens is 2. The van der Waals surface area contributed by atoms with E-state index in [0.717, 1.165) is 20.8 Å². The summed E-state index contributed by atoms with van der Waals surface area (Å²) in [6.07, 6.45) is 1.99. The number of thioether (sulfide) groups is 1. The lowest BCUT2D eigenvalue weighted by molar-refractivity contribution is 0.102. The van der Waals surface area contributed by atoms with Crippen LogP contribution in [-0.2, 0) is 0 Å². The van der Waals surface area contributed by atoms with E-state index >= 15 is 0 Å². The molecule has 0 radical (unpaired) electrons. The van der Waals surface area contributed by atoms with Crippen molar-refractivity contribution < 1.29 is 4.79 Å². The van der Waals surface area contributed by atoms with Crippen molar-refractivity contribution in [3.05, 3.63) is 46.2 Å². The Morgan fingerprint density at radius 3 is 2.70 bits per heavy atom. The van der Waals surface area contributed by atoms with E-state index < -0.39 is 0 Å². The lowest BCUT2D eigenvalue weighted by Gasteiger charge is -2.07. The van der Waals surface area contributed by atoms with Crippen molar-refractivity contribution in [1.82, 2.24) is 9.97 Å². The maximum Gasteiger partial charge on any atom is 0.259 e. The number of carbonyl (C=O) groups is 1. The van der Waals surface area contributed by atoms with E-state index in [0.29, 0.717) is 21.4 Å². The number of halogens is 1. The number of hydrogen-bond donors (Lipinski definition) is 1. The zero-order valence-corrected chi connectivity index (χ0v) is 15.2. The first-order valence-electron chi connectivity index (χ1n) is 6.87. The van der Waals surface area contributed by atoms with Crippen molar-refractivity contribution in [1.29, 1.82) is 0 Å². The van der Waals surface area contributed by atoms with E-state index in [1.165, 1.54) is 11.3 Å². The van der Waals surface area contributed by atoms with Crippen LogP contribution in [0.3, 0.4) is 0 Å². The lowest BCUT2D eigenvalue weighted by atomic mass is 10.1. The average molecular weight is 364 g/mol. The van der Waals surface area contributed by atoms with Crippen molar-refractivity contribution in [2.45, 2.75) is 18.1 Å². The van der Waals surface area contributed by atoms with E-state index in [4.69, 9.17) is 11.6 Å². The number of anilines is 1. The molecule has 0 atom stereocenters. The van der Waals surface area contributed by atoms with Gasteiger partial charge in [0.2, 0.25) is 0 Å². The molecule has 0 spiro atoms. The summed E-state index contributed by atoms with van der Waals surface area (Å²) in [5.74, 6) is -0.210. The third kappa shape index (κ3) is 3.34. The van der Waals surface area contributed by atoms with Crippen molar-refractivity contribution in [2.75, 3.05) is 11.6 Å². The Labute approximate surface area is 147 Å². The quantitative estimate of drug-likeness (QED) is 0.670. The zero-order valence-electron chi connectivity index (χ0n) is 12.8. The number of fused-ring (bicyclic) bond motifs is 1. The Morgan fingerprint density at radius 2 is 2.00 bits per heavy atom. The number of benzene rings is 1. The predicted octanol–water partition coefficient (Wildman–Crippen LogP) is 4.94. The monoisotopic (exact) mass is 363 g/mol. The van der Waals surface area contributed by atoms with Crippen LogP contribution in [-0.4, -0.2) is 22.1 Å². The Kier molecular flexibility index (Phi) is 4.57.